The molecule has 4 heterocycles. The van der Waals surface area contributed by atoms with Crippen molar-refractivity contribution < 1.29 is 9.84 Å². The summed E-state index contributed by atoms with van der Waals surface area (Å²) in [6.07, 6.45) is 9.53. The summed E-state index contributed by atoms with van der Waals surface area (Å²) in [5, 5.41) is 9.11. The molecule has 0 aliphatic carbocycles. The standard InChI is InChI=1S/C17H22N4O2/c22-8-3-16-11-20-10-14(9-15(20)12-23-16)21-7-6-19-17(21)13-1-4-18-5-2-13/h1-2,4-7,14-16,22H,3,8-12H2/t14-,15+,16+/m1/s1. The molecule has 0 bridgehead atoms. The molecule has 122 valence electrons. The van der Waals surface area contributed by atoms with Crippen LogP contribution in [0, 0.1) is 0 Å². The number of morpholine rings is 1. The minimum Gasteiger partial charge on any atom is -0.396 e. The highest BCUT2D eigenvalue weighted by Crippen LogP contribution is 2.33. The summed E-state index contributed by atoms with van der Waals surface area (Å²) in [6.45, 7) is 2.90. The topological polar surface area (TPSA) is 63.4 Å². The molecule has 0 spiro atoms. The van der Waals surface area contributed by atoms with Crippen molar-refractivity contribution in [2.24, 2.45) is 0 Å². The van der Waals surface area contributed by atoms with Crippen LogP contribution in [0.15, 0.2) is 36.9 Å². The fraction of sp³-hybridized carbons (Fsp3) is 0.529. The van der Waals surface area contributed by atoms with Crippen molar-refractivity contribution in [2.45, 2.75) is 31.0 Å². The zero-order chi connectivity index (χ0) is 15.6. The normalized spacial score (nSPS) is 28.0. The van der Waals surface area contributed by atoms with E-state index in [-0.39, 0.29) is 12.7 Å². The quantitative estimate of drug-likeness (QED) is 0.923. The van der Waals surface area contributed by atoms with Crippen molar-refractivity contribution >= 4 is 0 Å². The van der Waals surface area contributed by atoms with Gasteiger partial charge in [0.2, 0.25) is 0 Å². The number of hydrogen-bond acceptors (Lipinski definition) is 5. The van der Waals surface area contributed by atoms with Gasteiger partial charge in [-0.1, -0.05) is 0 Å². The van der Waals surface area contributed by atoms with Crippen molar-refractivity contribution in [1.29, 1.82) is 0 Å². The van der Waals surface area contributed by atoms with Crippen LogP contribution in [0.25, 0.3) is 11.4 Å². The Labute approximate surface area is 135 Å². The predicted octanol–water partition coefficient (Wildman–Crippen LogP) is 1.34. The van der Waals surface area contributed by atoms with Crippen LogP contribution in [0.2, 0.25) is 0 Å². The average molecular weight is 314 g/mol. The summed E-state index contributed by atoms with van der Waals surface area (Å²) in [7, 11) is 0. The Morgan fingerprint density at radius 2 is 2.04 bits per heavy atom. The second-order valence-electron chi connectivity index (χ2n) is 6.36. The van der Waals surface area contributed by atoms with Crippen molar-refractivity contribution in [2.75, 3.05) is 26.3 Å². The Balaban J connectivity index is 1.52. The average Bonchev–Trinajstić information content (AvgIpc) is 3.22. The minimum absolute atomic E-state index is 0.164. The second kappa shape index (κ2) is 6.39. The monoisotopic (exact) mass is 314 g/mol. The van der Waals surface area contributed by atoms with Gasteiger partial charge in [-0.25, -0.2) is 4.98 Å². The molecule has 2 fully saturated rings. The highest BCUT2D eigenvalue weighted by atomic mass is 16.5. The van der Waals surface area contributed by atoms with E-state index in [4.69, 9.17) is 9.84 Å². The lowest BCUT2D eigenvalue weighted by molar-refractivity contribution is -0.0567. The first-order valence-electron chi connectivity index (χ1n) is 8.25. The molecule has 2 aliphatic rings. The van der Waals surface area contributed by atoms with E-state index >= 15 is 0 Å². The minimum atomic E-state index is 0.164. The SMILES string of the molecule is OCC[C@H]1CN2C[C@H](n3ccnc3-c3ccncc3)C[C@H]2CO1. The first kappa shape index (κ1) is 14.8. The van der Waals surface area contributed by atoms with Crippen LogP contribution in [0.4, 0.5) is 0 Å². The van der Waals surface area contributed by atoms with E-state index in [1.807, 2.05) is 18.3 Å². The highest BCUT2D eigenvalue weighted by Gasteiger charge is 2.38. The number of aliphatic hydroxyl groups is 1. The fourth-order valence-corrected chi connectivity index (χ4v) is 3.77. The number of aromatic nitrogens is 3. The van der Waals surface area contributed by atoms with Gasteiger partial charge in [-0.05, 0) is 25.0 Å². The third-order valence-corrected chi connectivity index (χ3v) is 4.92. The van der Waals surface area contributed by atoms with E-state index in [1.165, 1.54) is 0 Å². The third kappa shape index (κ3) is 2.89. The van der Waals surface area contributed by atoms with Crippen LogP contribution in [-0.2, 0) is 4.74 Å². The Hall–Kier alpha value is -1.76. The molecule has 4 rings (SSSR count). The number of aliphatic hydroxyl groups excluding tert-OH is 1. The van der Waals surface area contributed by atoms with Crippen LogP contribution in [-0.4, -0.2) is 63.0 Å². The van der Waals surface area contributed by atoms with E-state index in [9.17, 15) is 0 Å². The first-order valence-corrected chi connectivity index (χ1v) is 8.25. The van der Waals surface area contributed by atoms with Gasteiger partial charge in [-0.2, -0.15) is 0 Å². The maximum atomic E-state index is 9.11. The van der Waals surface area contributed by atoms with E-state index in [2.05, 4.69) is 25.6 Å². The lowest BCUT2D eigenvalue weighted by Crippen LogP contribution is -2.46. The van der Waals surface area contributed by atoms with Gasteiger partial charge in [0.05, 0.1) is 12.7 Å². The zero-order valence-corrected chi connectivity index (χ0v) is 13.1. The molecule has 0 amide bonds. The summed E-state index contributed by atoms with van der Waals surface area (Å²) in [5.41, 5.74) is 1.10. The molecule has 0 aromatic carbocycles. The molecule has 1 N–H and O–H groups in total. The summed E-state index contributed by atoms with van der Waals surface area (Å²) >= 11 is 0. The maximum absolute atomic E-state index is 9.11. The zero-order valence-electron chi connectivity index (χ0n) is 13.1. The third-order valence-electron chi connectivity index (χ3n) is 4.92. The smallest absolute Gasteiger partial charge is 0.140 e. The molecular formula is C17H22N4O2. The number of hydrogen-bond donors (Lipinski definition) is 1. The molecule has 2 aliphatic heterocycles. The van der Waals surface area contributed by atoms with Crippen molar-refractivity contribution in [3.63, 3.8) is 0 Å². The van der Waals surface area contributed by atoms with Crippen LogP contribution in [0.1, 0.15) is 18.9 Å². The highest BCUT2D eigenvalue weighted by molar-refractivity contribution is 5.54. The lowest BCUT2D eigenvalue weighted by atomic mass is 10.1. The van der Waals surface area contributed by atoms with Gasteiger partial charge in [-0.3, -0.25) is 9.88 Å². The molecule has 0 saturated carbocycles. The van der Waals surface area contributed by atoms with Gasteiger partial charge in [-0.15, -0.1) is 0 Å². The Morgan fingerprint density at radius 3 is 2.87 bits per heavy atom. The first-order chi connectivity index (χ1) is 11.3. The van der Waals surface area contributed by atoms with Crippen LogP contribution < -0.4 is 0 Å². The molecule has 0 radical (unpaired) electrons. The fourth-order valence-electron chi connectivity index (χ4n) is 3.77. The Morgan fingerprint density at radius 1 is 1.17 bits per heavy atom. The summed E-state index contributed by atoms with van der Waals surface area (Å²) < 4.78 is 8.16. The molecule has 6 nitrogen and oxygen atoms in total. The van der Waals surface area contributed by atoms with Gasteiger partial charge in [0.15, 0.2) is 0 Å². The largest absolute Gasteiger partial charge is 0.396 e. The van der Waals surface area contributed by atoms with E-state index < -0.39 is 0 Å². The van der Waals surface area contributed by atoms with E-state index in [0.717, 1.165) is 43.9 Å². The van der Waals surface area contributed by atoms with Gasteiger partial charge >= 0.3 is 0 Å². The molecule has 6 heteroatoms. The van der Waals surface area contributed by atoms with Crippen LogP contribution in [0.5, 0.6) is 0 Å². The second-order valence-corrected chi connectivity index (χ2v) is 6.36. The lowest BCUT2D eigenvalue weighted by Gasteiger charge is -2.34. The Bertz CT molecular complexity index is 645. The molecule has 0 unspecified atom stereocenters. The van der Waals surface area contributed by atoms with E-state index in [1.54, 1.807) is 12.4 Å². The maximum Gasteiger partial charge on any atom is 0.140 e. The molecule has 23 heavy (non-hydrogen) atoms. The number of pyridine rings is 1. The number of fused-ring (bicyclic) bond motifs is 1. The van der Waals surface area contributed by atoms with Gasteiger partial charge in [0.25, 0.3) is 0 Å². The van der Waals surface area contributed by atoms with E-state index in [0.29, 0.717) is 12.1 Å². The van der Waals surface area contributed by atoms with Crippen LogP contribution in [0.3, 0.4) is 0 Å². The van der Waals surface area contributed by atoms with Crippen molar-refractivity contribution in [3.05, 3.63) is 36.9 Å². The van der Waals surface area contributed by atoms with Gasteiger partial charge in [0, 0.05) is 62.1 Å². The molecular weight excluding hydrogens is 292 g/mol. The van der Waals surface area contributed by atoms with Crippen molar-refractivity contribution in [1.82, 2.24) is 19.4 Å². The summed E-state index contributed by atoms with van der Waals surface area (Å²) in [5.74, 6) is 1.00. The van der Waals surface area contributed by atoms with Gasteiger partial charge in [0.1, 0.15) is 5.82 Å². The molecule has 2 aromatic rings. The number of rotatable bonds is 4. The van der Waals surface area contributed by atoms with Crippen LogP contribution >= 0.6 is 0 Å². The molecule has 2 aromatic heterocycles. The number of nitrogens with zero attached hydrogens (tertiary/aromatic N) is 4. The summed E-state index contributed by atoms with van der Waals surface area (Å²) in [6, 6.07) is 4.90. The van der Waals surface area contributed by atoms with Crippen molar-refractivity contribution in [3.8, 4) is 11.4 Å². The molecule has 3 atom stereocenters. The summed E-state index contributed by atoms with van der Waals surface area (Å²) in [4.78, 5) is 11.1. The van der Waals surface area contributed by atoms with Gasteiger partial charge < -0.3 is 14.4 Å². The number of ether oxygens (including phenoxy) is 1. The predicted molar refractivity (Wildman–Crippen MR) is 85.9 cm³/mol. The number of imidazole rings is 1. The Kier molecular flexibility index (Phi) is 4.11. The molecule has 2 saturated heterocycles.